The minimum absolute atomic E-state index is 0.0221. The van der Waals surface area contributed by atoms with Gasteiger partial charge in [0, 0.05) is 32.0 Å². The van der Waals surface area contributed by atoms with Gasteiger partial charge in [-0.15, -0.1) is 0 Å². The summed E-state index contributed by atoms with van der Waals surface area (Å²) in [4.78, 5) is 3.87. The molecule has 1 aromatic heterocycles. The smallest absolute Gasteiger partial charge is 0.216 e. The summed E-state index contributed by atoms with van der Waals surface area (Å²) in [5.41, 5.74) is 0. The molecular weight excluding hydrogens is 270 g/mol. The zero-order chi connectivity index (χ0) is 13.9. The average Bonchev–Trinajstić information content (AvgIpc) is 2.89. The molecule has 0 aromatic carbocycles. The van der Waals surface area contributed by atoms with Gasteiger partial charge in [-0.2, -0.15) is 4.31 Å². The number of sulfonamides is 1. The van der Waals surface area contributed by atoms with Crippen LogP contribution >= 0.6 is 0 Å². The molecule has 0 aliphatic carbocycles. The normalized spacial score (nSPS) is 25.6. The zero-order valence-electron chi connectivity index (χ0n) is 10.8. The van der Waals surface area contributed by atoms with E-state index in [9.17, 15) is 8.42 Å². The van der Waals surface area contributed by atoms with Crippen molar-refractivity contribution in [3.63, 3.8) is 0 Å². The minimum atomic E-state index is -3.34. The molecule has 7 nitrogen and oxygen atoms in total. The third kappa shape index (κ3) is 3.75. The third-order valence-corrected chi connectivity index (χ3v) is 4.84. The fourth-order valence-corrected chi connectivity index (χ4v) is 3.63. The van der Waals surface area contributed by atoms with E-state index >= 15 is 0 Å². The number of aliphatic hydroxyl groups excluding tert-OH is 1. The maximum absolute atomic E-state index is 12.2. The maximum atomic E-state index is 12.2. The van der Waals surface area contributed by atoms with Crippen molar-refractivity contribution in [2.75, 3.05) is 25.4 Å². The van der Waals surface area contributed by atoms with Gasteiger partial charge in [0.1, 0.15) is 0 Å². The molecule has 1 aliphatic heterocycles. The van der Waals surface area contributed by atoms with Crippen molar-refractivity contribution in [1.29, 1.82) is 0 Å². The van der Waals surface area contributed by atoms with Gasteiger partial charge in [-0.25, -0.2) is 13.4 Å². The molecule has 108 valence electrons. The van der Waals surface area contributed by atoms with E-state index in [-0.39, 0.29) is 25.0 Å². The van der Waals surface area contributed by atoms with Crippen LogP contribution in [-0.4, -0.2) is 65.0 Å². The Morgan fingerprint density at radius 3 is 2.89 bits per heavy atom. The van der Waals surface area contributed by atoms with Crippen LogP contribution in [-0.2, 0) is 21.3 Å². The molecule has 1 aliphatic rings. The maximum Gasteiger partial charge on any atom is 0.216 e. The van der Waals surface area contributed by atoms with Crippen LogP contribution < -0.4 is 0 Å². The standard InChI is InChI=1S/C11H19N3O4S/c1-10-6-14(7-11(8-15)18-10)19(16,17)5-4-13-3-2-12-9-13/h2-3,9-11,15H,4-8H2,1H3. The Bertz CT molecular complexity index is 488. The molecule has 2 heterocycles. The number of morpholine rings is 1. The Balaban J connectivity index is 1.98. The second-order valence-corrected chi connectivity index (χ2v) is 6.77. The minimum Gasteiger partial charge on any atom is -0.394 e. The van der Waals surface area contributed by atoms with Gasteiger partial charge >= 0.3 is 0 Å². The summed E-state index contributed by atoms with van der Waals surface area (Å²) in [7, 11) is -3.34. The number of aryl methyl sites for hydroxylation is 1. The Hall–Kier alpha value is -0.960. The SMILES string of the molecule is CC1CN(S(=O)(=O)CCn2ccnc2)CC(CO)O1. The molecule has 19 heavy (non-hydrogen) atoms. The molecule has 1 fully saturated rings. The van der Waals surface area contributed by atoms with E-state index in [1.54, 1.807) is 30.2 Å². The first-order chi connectivity index (χ1) is 9.01. The van der Waals surface area contributed by atoms with Crippen LogP contribution in [0, 0.1) is 0 Å². The van der Waals surface area contributed by atoms with Crippen molar-refractivity contribution >= 4 is 10.0 Å². The zero-order valence-corrected chi connectivity index (χ0v) is 11.7. The van der Waals surface area contributed by atoms with Gasteiger partial charge in [0.25, 0.3) is 0 Å². The van der Waals surface area contributed by atoms with Gasteiger partial charge in [0.2, 0.25) is 10.0 Å². The molecule has 0 bridgehead atoms. The number of imidazole rings is 1. The summed E-state index contributed by atoms with van der Waals surface area (Å²) in [5, 5.41) is 9.11. The highest BCUT2D eigenvalue weighted by atomic mass is 32.2. The Morgan fingerprint density at radius 2 is 2.26 bits per heavy atom. The van der Waals surface area contributed by atoms with Crippen LogP contribution in [0.2, 0.25) is 0 Å². The summed E-state index contributed by atoms with van der Waals surface area (Å²) in [5.74, 6) is 0.0221. The number of hydrogen-bond acceptors (Lipinski definition) is 5. The van der Waals surface area contributed by atoms with Crippen molar-refractivity contribution in [2.24, 2.45) is 0 Å². The Morgan fingerprint density at radius 1 is 1.47 bits per heavy atom. The van der Waals surface area contributed by atoms with Gasteiger partial charge in [-0.3, -0.25) is 0 Å². The van der Waals surface area contributed by atoms with Crippen molar-refractivity contribution in [3.05, 3.63) is 18.7 Å². The number of hydrogen-bond donors (Lipinski definition) is 1. The Kier molecular flexibility index (Phi) is 4.56. The average molecular weight is 289 g/mol. The summed E-state index contributed by atoms with van der Waals surface area (Å²) in [6.07, 6.45) is 4.30. The van der Waals surface area contributed by atoms with Gasteiger partial charge in [-0.05, 0) is 6.92 Å². The van der Waals surface area contributed by atoms with E-state index < -0.39 is 16.1 Å². The number of nitrogens with zero attached hydrogens (tertiary/aromatic N) is 3. The van der Waals surface area contributed by atoms with Gasteiger partial charge in [0.05, 0.1) is 30.9 Å². The van der Waals surface area contributed by atoms with Crippen LogP contribution in [0.1, 0.15) is 6.92 Å². The predicted octanol–water partition coefficient (Wildman–Crippen LogP) is -0.705. The molecule has 0 amide bonds. The fourth-order valence-electron chi connectivity index (χ4n) is 2.10. The predicted molar refractivity (Wildman–Crippen MR) is 69.0 cm³/mol. The fraction of sp³-hybridized carbons (Fsp3) is 0.727. The van der Waals surface area contributed by atoms with Crippen LogP contribution in [0.3, 0.4) is 0 Å². The lowest BCUT2D eigenvalue weighted by Gasteiger charge is -2.35. The van der Waals surface area contributed by atoms with Crippen LogP contribution in [0.4, 0.5) is 0 Å². The number of ether oxygens (including phenoxy) is 1. The monoisotopic (exact) mass is 289 g/mol. The molecule has 2 rings (SSSR count). The first-order valence-corrected chi connectivity index (χ1v) is 7.82. The Labute approximate surface area is 112 Å². The summed E-state index contributed by atoms with van der Waals surface area (Å²) >= 11 is 0. The number of rotatable bonds is 5. The van der Waals surface area contributed by atoms with E-state index in [0.717, 1.165) is 0 Å². The number of aliphatic hydroxyl groups is 1. The first kappa shape index (κ1) is 14.4. The lowest BCUT2D eigenvalue weighted by atomic mass is 10.2. The van der Waals surface area contributed by atoms with Gasteiger partial charge in [-0.1, -0.05) is 0 Å². The molecule has 0 radical (unpaired) electrons. The molecule has 2 unspecified atom stereocenters. The molecule has 8 heteroatoms. The second kappa shape index (κ2) is 6.00. The largest absolute Gasteiger partial charge is 0.394 e. The van der Waals surface area contributed by atoms with Crippen LogP contribution in [0.25, 0.3) is 0 Å². The molecule has 0 saturated carbocycles. The highest BCUT2D eigenvalue weighted by molar-refractivity contribution is 7.89. The topological polar surface area (TPSA) is 84.7 Å². The first-order valence-electron chi connectivity index (χ1n) is 6.21. The van der Waals surface area contributed by atoms with E-state index in [2.05, 4.69) is 4.98 Å². The molecule has 0 spiro atoms. The van der Waals surface area contributed by atoms with E-state index in [4.69, 9.17) is 9.84 Å². The quantitative estimate of drug-likeness (QED) is 0.774. The summed E-state index contributed by atoms with van der Waals surface area (Å²) < 4.78 is 33.1. The molecule has 1 saturated heterocycles. The molecular formula is C11H19N3O4S. The lowest BCUT2D eigenvalue weighted by molar-refractivity contribution is -0.0750. The van der Waals surface area contributed by atoms with Gasteiger partial charge < -0.3 is 14.4 Å². The summed E-state index contributed by atoms with van der Waals surface area (Å²) in [6.45, 7) is 2.56. The van der Waals surface area contributed by atoms with Crippen LogP contribution in [0.15, 0.2) is 18.7 Å². The van der Waals surface area contributed by atoms with Crippen molar-refractivity contribution in [1.82, 2.24) is 13.9 Å². The van der Waals surface area contributed by atoms with Gasteiger partial charge in [0.15, 0.2) is 0 Å². The van der Waals surface area contributed by atoms with E-state index in [1.165, 1.54) is 4.31 Å². The van der Waals surface area contributed by atoms with Crippen LogP contribution in [0.5, 0.6) is 0 Å². The summed E-state index contributed by atoms with van der Waals surface area (Å²) in [6, 6.07) is 0. The highest BCUT2D eigenvalue weighted by Gasteiger charge is 2.32. The van der Waals surface area contributed by atoms with E-state index in [0.29, 0.717) is 13.1 Å². The number of aromatic nitrogens is 2. The molecule has 1 aromatic rings. The highest BCUT2D eigenvalue weighted by Crippen LogP contribution is 2.15. The van der Waals surface area contributed by atoms with Crippen molar-refractivity contribution < 1.29 is 18.3 Å². The van der Waals surface area contributed by atoms with Crippen molar-refractivity contribution in [2.45, 2.75) is 25.7 Å². The lowest BCUT2D eigenvalue weighted by Crippen LogP contribution is -2.51. The van der Waals surface area contributed by atoms with E-state index in [1.807, 2.05) is 0 Å². The molecule has 2 atom stereocenters. The van der Waals surface area contributed by atoms with Crippen molar-refractivity contribution in [3.8, 4) is 0 Å². The third-order valence-electron chi connectivity index (χ3n) is 3.06. The molecule has 1 N–H and O–H groups in total. The second-order valence-electron chi connectivity index (χ2n) is 4.68.